The number of hydrogen-bond donors (Lipinski definition) is 0. The molecule has 0 saturated carbocycles. The zero-order chi connectivity index (χ0) is 18.9. The van der Waals surface area contributed by atoms with Crippen LogP contribution in [0, 0.1) is 5.82 Å². The van der Waals surface area contributed by atoms with Crippen molar-refractivity contribution in [1.82, 2.24) is 14.8 Å². The third-order valence-corrected chi connectivity index (χ3v) is 4.78. The van der Waals surface area contributed by atoms with Crippen molar-refractivity contribution in [1.29, 1.82) is 0 Å². The molecule has 5 nitrogen and oxygen atoms in total. The molecule has 0 unspecified atom stereocenters. The smallest absolute Gasteiger partial charge is 0.227 e. The number of benzene rings is 1. The van der Waals surface area contributed by atoms with Gasteiger partial charge in [-0.05, 0) is 35.7 Å². The van der Waals surface area contributed by atoms with E-state index in [1.165, 1.54) is 6.07 Å². The van der Waals surface area contributed by atoms with Crippen LogP contribution in [0.3, 0.4) is 0 Å². The Morgan fingerprint density at radius 3 is 2.63 bits per heavy atom. The minimum absolute atomic E-state index is 0.0566. The molecular weight excluding hydrogens is 345 g/mol. The quantitative estimate of drug-likeness (QED) is 0.715. The number of amides is 1. The van der Waals surface area contributed by atoms with Gasteiger partial charge < -0.3 is 9.64 Å². The SMILES string of the molecule is O=C(Cc1ccccc1F)N(CCCN1CCOCC1)Cc1ccncc1. The first-order valence-electron chi connectivity index (χ1n) is 9.42. The van der Waals surface area contributed by atoms with Gasteiger partial charge in [0.1, 0.15) is 5.82 Å². The Morgan fingerprint density at radius 1 is 1.15 bits per heavy atom. The normalized spacial score (nSPS) is 14.9. The van der Waals surface area contributed by atoms with Crippen molar-refractivity contribution in [2.75, 3.05) is 39.4 Å². The lowest BCUT2D eigenvalue weighted by Gasteiger charge is -2.28. The van der Waals surface area contributed by atoms with Gasteiger partial charge in [0, 0.05) is 45.1 Å². The first-order chi connectivity index (χ1) is 13.2. The number of carbonyl (C=O) groups excluding carboxylic acids is 1. The fourth-order valence-electron chi connectivity index (χ4n) is 3.23. The zero-order valence-corrected chi connectivity index (χ0v) is 15.5. The largest absolute Gasteiger partial charge is 0.379 e. The lowest BCUT2D eigenvalue weighted by atomic mass is 10.1. The first-order valence-corrected chi connectivity index (χ1v) is 9.42. The molecule has 2 heterocycles. The van der Waals surface area contributed by atoms with Crippen LogP contribution in [0.5, 0.6) is 0 Å². The minimum Gasteiger partial charge on any atom is -0.379 e. The summed E-state index contributed by atoms with van der Waals surface area (Å²) in [6, 6.07) is 10.3. The molecule has 0 bridgehead atoms. The summed E-state index contributed by atoms with van der Waals surface area (Å²) >= 11 is 0. The van der Waals surface area contributed by atoms with E-state index in [0.717, 1.165) is 44.8 Å². The molecule has 0 spiro atoms. The van der Waals surface area contributed by atoms with Crippen molar-refractivity contribution in [3.05, 3.63) is 65.7 Å². The number of carbonyl (C=O) groups is 1. The Balaban J connectivity index is 1.61. The van der Waals surface area contributed by atoms with Crippen molar-refractivity contribution < 1.29 is 13.9 Å². The number of pyridine rings is 1. The molecule has 0 aliphatic carbocycles. The highest BCUT2D eigenvalue weighted by atomic mass is 19.1. The van der Waals surface area contributed by atoms with Crippen molar-refractivity contribution in [3.63, 3.8) is 0 Å². The molecule has 0 N–H and O–H groups in total. The predicted octanol–water partition coefficient (Wildman–Crippen LogP) is 2.51. The summed E-state index contributed by atoms with van der Waals surface area (Å²) in [7, 11) is 0. The Hall–Kier alpha value is -2.31. The molecule has 2 aromatic rings. The van der Waals surface area contributed by atoms with Gasteiger partial charge in [-0.2, -0.15) is 0 Å². The van der Waals surface area contributed by atoms with Crippen LogP contribution >= 0.6 is 0 Å². The molecule has 3 rings (SSSR count). The second kappa shape index (κ2) is 10.1. The Labute approximate surface area is 159 Å². The number of nitrogens with zero attached hydrogens (tertiary/aromatic N) is 3. The summed E-state index contributed by atoms with van der Waals surface area (Å²) in [4.78, 5) is 21.1. The summed E-state index contributed by atoms with van der Waals surface area (Å²) in [5, 5.41) is 0. The molecule has 1 aromatic carbocycles. The number of halogens is 1. The minimum atomic E-state index is -0.331. The van der Waals surface area contributed by atoms with Gasteiger partial charge in [0.2, 0.25) is 5.91 Å². The van der Waals surface area contributed by atoms with Gasteiger partial charge in [-0.1, -0.05) is 18.2 Å². The topological polar surface area (TPSA) is 45.7 Å². The molecule has 0 radical (unpaired) electrons. The number of hydrogen-bond acceptors (Lipinski definition) is 4. The van der Waals surface area contributed by atoms with Crippen LogP contribution < -0.4 is 0 Å². The second-order valence-corrected chi connectivity index (χ2v) is 6.75. The molecule has 1 amide bonds. The van der Waals surface area contributed by atoms with Crippen LogP contribution in [0.15, 0.2) is 48.8 Å². The van der Waals surface area contributed by atoms with E-state index in [0.29, 0.717) is 18.7 Å². The first kappa shape index (κ1) is 19.5. The summed E-state index contributed by atoms with van der Waals surface area (Å²) < 4.78 is 19.3. The molecule has 1 saturated heterocycles. The molecule has 6 heteroatoms. The molecule has 144 valence electrons. The highest BCUT2D eigenvalue weighted by molar-refractivity contribution is 5.78. The Bertz CT molecular complexity index is 720. The van der Waals surface area contributed by atoms with Crippen molar-refractivity contribution >= 4 is 5.91 Å². The predicted molar refractivity (Wildman–Crippen MR) is 102 cm³/mol. The fourth-order valence-corrected chi connectivity index (χ4v) is 3.23. The van der Waals surface area contributed by atoms with E-state index in [4.69, 9.17) is 4.74 Å². The third kappa shape index (κ3) is 6.12. The highest BCUT2D eigenvalue weighted by Gasteiger charge is 2.17. The molecular formula is C21H26FN3O2. The molecule has 1 aliphatic heterocycles. The lowest BCUT2D eigenvalue weighted by molar-refractivity contribution is -0.131. The van der Waals surface area contributed by atoms with Crippen LogP contribution in [-0.4, -0.2) is 60.1 Å². The monoisotopic (exact) mass is 371 g/mol. The van der Waals surface area contributed by atoms with Crippen molar-refractivity contribution in [3.8, 4) is 0 Å². The van der Waals surface area contributed by atoms with E-state index in [1.807, 2.05) is 17.0 Å². The summed E-state index contributed by atoms with van der Waals surface area (Å²) in [5.41, 5.74) is 1.47. The highest BCUT2D eigenvalue weighted by Crippen LogP contribution is 2.12. The number of ether oxygens (including phenoxy) is 1. The number of morpholine rings is 1. The standard InChI is InChI=1S/C21H26FN3O2/c22-20-5-2-1-4-19(20)16-21(26)25(17-18-6-8-23-9-7-18)11-3-10-24-12-14-27-15-13-24/h1-2,4-9H,3,10-17H2. The van der Waals surface area contributed by atoms with Gasteiger partial charge in [0.05, 0.1) is 19.6 Å². The average Bonchev–Trinajstić information content (AvgIpc) is 2.70. The van der Waals surface area contributed by atoms with E-state index in [1.54, 1.807) is 30.6 Å². The number of aromatic nitrogens is 1. The van der Waals surface area contributed by atoms with Gasteiger partial charge in [-0.3, -0.25) is 14.7 Å². The summed E-state index contributed by atoms with van der Waals surface area (Å²) in [6.07, 6.45) is 4.41. The maximum absolute atomic E-state index is 13.9. The Morgan fingerprint density at radius 2 is 1.89 bits per heavy atom. The van der Waals surface area contributed by atoms with Gasteiger partial charge in [-0.15, -0.1) is 0 Å². The van der Waals surface area contributed by atoms with E-state index in [2.05, 4.69) is 9.88 Å². The van der Waals surface area contributed by atoms with Crippen LogP contribution in [0.1, 0.15) is 17.5 Å². The van der Waals surface area contributed by atoms with Gasteiger partial charge in [0.25, 0.3) is 0 Å². The zero-order valence-electron chi connectivity index (χ0n) is 15.5. The average molecular weight is 371 g/mol. The Kier molecular flexibility index (Phi) is 7.30. The number of rotatable bonds is 8. The fraction of sp³-hybridized carbons (Fsp3) is 0.429. The van der Waals surface area contributed by atoms with Crippen LogP contribution in [0.2, 0.25) is 0 Å². The van der Waals surface area contributed by atoms with Gasteiger partial charge in [-0.25, -0.2) is 4.39 Å². The van der Waals surface area contributed by atoms with Gasteiger partial charge in [0.15, 0.2) is 0 Å². The third-order valence-electron chi connectivity index (χ3n) is 4.78. The molecule has 1 aromatic heterocycles. The van der Waals surface area contributed by atoms with Crippen LogP contribution in [-0.2, 0) is 22.5 Å². The summed E-state index contributed by atoms with van der Waals surface area (Å²) in [6.45, 7) is 5.51. The van der Waals surface area contributed by atoms with Crippen LogP contribution in [0.25, 0.3) is 0 Å². The maximum atomic E-state index is 13.9. The molecule has 0 atom stereocenters. The van der Waals surface area contributed by atoms with Crippen molar-refractivity contribution in [2.45, 2.75) is 19.4 Å². The molecule has 1 aliphatic rings. The van der Waals surface area contributed by atoms with Gasteiger partial charge >= 0.3 is 0 Å². The van der Waals surface area contributed by atoms with E-state index in [-0.39, 0.29) is 18.1 Å². The maximum Gasteiger partial charge on any atom is 0.227 e. The summed E-state index contributed by atoms with van der Waals surface area (Å²) in [5.74, 6) is -0.387. The van der Waals surface area contributed by atoms with E-state index >= 15 is 0 Å². The lowest BCUT2D eigenvalue weighted by Crippen LogP contribution is -2.39. The van der Waals surface area contributed by atoms with E-state index in [9.17, 15) is 9.18 Å². The van der Waals surface area contributed by atoms with Crippen LogP contribution in [0.4, 0.5) is 4.39 Å². The molecule has 27 heavy (non-hydrogen) atoms. The van der Waals surface area contributed by atoms with Crippen molar-refractivity contribution in [2.24, 2.45) is 0 Å². The molecule has 1 fully saturated rings. The second-order valence-electron chi connectivity index (χ2n) is 6.75. The van der Waals surface area contributed by atoms with E-state index < -0.39 is 0 Å².